The molecule has 0 aliphatic carbocycles. The van der Waals surface area contributed by atoms with Crippen LogP contribution in [0.2, 0.25) is 0 Å². The smallest absolute Gasteiger partial charge is 0.289 e. The van der Waals surface area contributed by atoms with E-state index in [2.05, 4.69) is 5.32 Å². The second kappa shape index (κ2) is 3.93. The molecule has 0 spiro atoms. The van der Waals surface area contributed by atoms with Crippen LogP contribution in [0.4, 0.5) is 0 Å². The van der Waals surface area contributed by atoms with E-state index in [0.29, 0.717) is 6.54 Å². The minimum absolute atomic E-state index is 0.0564. The van der Waals surface area contributed by atoms with Gasteiger partial charge in [-0.15, -0.1) is 0 Å². The minimum Gasteiger partial charge on any atom is -0.371 e. The molecule has 1 heterocycles. The molecule has 0 aliphatic heterocycles. The van der Waals surface area contributed by atoms with Crippen LogP contribution in [0.25, 0.3) is 0 Å². The van der Waals surface area contributed by atoms with Crippen molar-refractivity contribution in [2.45, 2.75) is 13.3 Å². The molecule has 0 bridgehead atoms. The fraction of sp³-hybridized carbons (Fsp3) is 0.500. The molecule has 0 saturated carbocycles. The van der Waals surface area contributed by atoms with E-state index in [9.17, 15) is 9.59 Å². The van der Waals surface area contributed by atoms with E-state index in [1.165, 1.54) is 13.1 Å². The fourth-order valence-electron chi connectivity index (χ4n) is 0.855. The Morgan fingerprint density at radius 3 is 2.85 bits per heavy atom. The normalized spacial score (nSPS) is 10.0. The van der Waals surface area contributed by atoms with Crippen molar-refractivity contribution in [3.05, 3.63) is 22.2 Å². The summed E-state index contributed by atoms with van der Waals surface area (Å²) < 4.78 is 5.88. The number of rotatable bonds is 3. The Hall–Kier alpha value is -1.52. The Bertz CT molecular complexity index is 351. The predicted octanol–water partition coefficient (Wildman–Crippen LogP) is 0.118. The van der Waals surface area contributed by atoms with Gasteiger partial charge in [0.05, 0.1) is 6.07 Å². The molecular weight excluding hydrogens is 172 g/mol. The summed E-state index contributed by atoms with van der Waals surface area (Å²) in [7, 11) is 1.46. The zero-order chi connectivity index (χ0) is 9.84. The van der Waals surface area contributed by atoms with Gasteiger partial charge in [-0.05, 0) is 6.42 Å². The highest BCUT2D eigenvalue weighted by Gasteiger charge is 2.11. The first kappa shape index (κ1) is 9.57. The van der Waals surface area contributed by atoms with Gasteiger partial charge in [0.15, 0.2) is 0 Å². The molecule has 1 amide bonds. The third kappa shape index (κ3) is 2.21. The van der Waals surface area contributed by atoms with E-state index in [0.717, 1.165) is 11.2 Å². The maximum Gasteiger partial charge on any atom is 0.289 e. The largest absolute Gasteiger partial charge is 0.371 e. The highest BCUT2D eigenvalue weighted by atomic mass is 16.5. The van der Waals surface area contributed by atoms with Crippen LogP contribution in [0.5, 0.6) is 0 Å². The molecule has 1 aromatic heterocycles. The van der Waals surface area contributed by atoms with Gasteiger partial charge in [-0.2, -0.15) is 4.74 Å². The number of hydrogen-bond acceptors (Lipinski definition) is 3. The van der Waals surface area contributed by atoms with Crippen molar-refractivity contribution in [3.63, 3.8) is 0 Å². The Kier molecular flexibility index (Phi) is 2.89. The second-order valence-corrected chi connectivity index (χ2v) is 2.69. The third-order valence-electron chi connectivity index (χ3n) is 1.56. The molecule has 13 heavy (non-hydrogen) atoms. The molecule has 0 unspecified atom stereocenters. The van der Waals surface area contributed by atoms with E-state index in [1.807, 2.05) is 6.92 Å². The molecule has 5 heteroatoms. The molecule has 0 aliphatic rings. The van der Waals surface area contributed by atoms with E-state index in [1.54, 1.807) is 0 Å². The summed E-state index contributed by atoms with van der Waals surface area (Å²) in [5.41, 5.74) is -0.318. The highest BCUT2D eigenvalue weighted by Crippen LogP contribution is 1.93. The quantitative estimate of drug-likeness (QED) is 0.725. The van der Waals surface area contributed by atoms with E-state index < -0.39 is 0 Å². The molecule has 0 fully saturated rings. The Morgan fingerprint density at radius 2 is 2.38 bits per heavy atom. The molecule has 1 aromatic rings. The first-order valence-electron chi connectivity index (χ1n) is 4.10. The number of aryl methyl sites for hydroxylation is 1. The number of carbonyl (C=O) groups excluding carboxylic acids is 1. The van der Waals surface area contributed by atoms with Crippen LogP contribution in [0.3, 0.4) is 0 Å². The van der Waals surface area contributed by atoms with E-state index in [4.69, 9.17) is 4.52 Å². The van der Waals surface area contributed by atoms with Crippen LogP contribution in [0, 0.1) is 0 Å². The van der Waals surface area contributed by atoms with Crippen molar-refractivity contribution >= 4 is 5.91 Å². The Morgan fingerprint density at radius 1 is 1.69 bits per heavy atom. The molecule has 0 radical (unpaired) electrons. The number of nitrogens with zero attached hydrogens (tertiary/aromatic N) is 1. The van der Waals surface area contributed by atoms with E-state index >= 15 is 0 Å². The van der Waals surface area contributed by atoms with Gasteiger partial charge < -0.3 is 9.84 Å². The average molecular weight is 184 g/mol. The number of amides is 1. The molecule has 0 aromatic carbocycles. The number of hydrogen-bond donors (Lipinski definition) is 1. The first-order chi connectivity index (χ1) is 6.15. The summed E-state index contributed by atoms with van der Waals surface area (Å²) in [6.45, 7) is 2.53. The van der Waals surface area contributed by atoms with Gasteiger partial charge in [0.2, 0.25) is 5.76 Å². The van der Waals surface area contributed by atoms with Crippen LogP contribution in [0.1, 0.15) is 23.9 Å². The van der Waals surface area contributed by atoms with Crippen molar-refractivity contribution < 1.29 is 9.32 Å². The number of carbonyl (C=O) groups is 1. The summed E-state index contributed by atoms with van der Waals surface area (Å²) in [6.07, 6.45) is 0.850. The summed E-state index contributed by atoms with van der Waals surface area (Å²) in [5.74, 6) is -0.291. The van der Waals surface area contributed by atoms with Gasteiger partial charge in [-0.1, -0.05) is 6.92 Å². The third-order valence-corrected chi connectivity index (χ3v) is 1.56. The highest BCUT2D eigenvalue weighted by molar-refractivity contribution is 5.91. The molecule has 1 N–H and O–H groups in total. The predicted molar refractivity (Wildman–Crippen MR) is 46.6 cm³/mol. The standard InChI is InChI=1S/C8H12N2O3/c1-3-4-9-8(12)6-5-7(11)10(2)13-6/h5H,3-4H2,1-2H3,(H,9,12). The second-order valence-electron chi connectivity index (χ2n) is 2.69. The lowest BCUT2D eigenvalue weighted by atomic mass is 10.4. The molecule has 72 valence electrons. The van der Waals surface area contributed by atoms with Gasteiger partial charge in [-0.3, -0.25) is 9.59 Å². The monoisotopic (exact) mass is 184 g/mol. The summed E-state index contributed by atoms with van der Waals surface area (Å²) in [4.78, 5) is 22.1. The van der Waals surface area contributed by atoms with Gasteiger partial charge in [0.1, 0.15) is 0 Å². The maximum atomic E-state index is 11.2. The molecule has 5 nitrogen and oxygen atoms in total. The van der Waals surface area contributed by atoms with Crippen molar-refractivity contribution in [1.82, 2.24) is 10.1 Å². The van der Waals surface area contributed by atoms with Gasteiger partial charge in [0, 0.05) is 13.6 Å². The van der Waals surface area contributed by atoms with Crippen LogP contribution >= 0.6 is 0 Å². The van der Waals surface area contributed by atoms with Crippen molar-refractivity contribution in [2.75, 3.05) is 6.54 Å². The summed E-state index contributed by atoms with van der Waals surface area (Å²) in [6, 6.07) is 1.17. The molecule has 0 saturated heterocycles. The summed E-state index contributed by atoms with van der Waals surface area (Å²) in [5, 5.41) is 2.60. The number of aromatic nitrogens is 1. The SMILES string of the molecule is CCCNC(=O)c1cc(=O)n(C)o1. The minimum atomic E-state index is -0.348. The van der Waals surface area contributed by atoms with Gasteiger partial charge in [-0.25, -0.2) is 0 Å². The first-order valence-corrected chi connectivity index (χ1v) is 4.10. The average Bonchev–Trinajstić information content (AvgIpc) is 2.43. The van der Waals surface area contributed by atoms with Crippen LogP contribution in [-0.4, -0.2) is 17.2 Å². The van der Waals surface area contributed by atoms with Crippen LogP contribution in [0.15, 0.2) is 15.4 Å². The van der Waals surface area contributed by atoms with Crippen molar-refractivity contribution in [2.24, 2.45) is 7.05 Å². The number of nitrogens with one attached hydrogen (secondary N) is 1. The Balaban J connectivity index is 2.72. The maximum absolute atomic E-state index is 11.2. The van der Waals surface area contributed by atoms with Crippen molar-refractivity contribution in [1.29, 1.82) is 0 Å². The van der Waals surface area contributed by atoms with Crippen molar-refractivity contribution in [3.8, 4) is 0 Å². The van der Waals surface area contributed by atoms with Gasteiger partial charge in [0.25, 0.3) is 11.5 Å². The summed E-state index contributed by atoms with van der Waals surface area (Å²) >= 11 is 0. The molecular formula is C8H12N2O3. The fourth-order valence-corrected chi connectivity index (χ4v) is 0.855. The van der Waals surface area contributed by atoms with Gasteiger partial charge >= 0.3 is 0 Å². The zero-order valence-corrected chi connectivity index (χ0v) is 7.66. The van der Waals surface area contributed by atoms with E-state index in [-0.39, 0.29) is 17.2 Å². The Labute approximate surface area is 75.3 Å². The lowest BCUT2D eigenvalue weighted by Gasteiger charge is -1.97. The molecule has 1 rings (SSSR count). The van der Waals surface area contributed by atoms with Crippen LogP contribution in [-0.2, 0) is 7.05 Å². The van der Waals surface area contributed by atoms with Crippen LogP contribution < -0.4 is 10.9 Å². The topological polar surface area (TPSA) is 64.2 Å². The zero-order valence-electron chi connectivity index (χ0n) is 7.66. The molecule has 0 atom stereocenters. The lowest BCUT2D eigenvalue weighted by molar-refractivity contribution is 0.0903. The lowest BCUT2D eigenvalue weighted by Crippen LogP contribution is -2.23.